The third-order valence-corrected chi connectivity index (χ3v) is 4.94. The highest BCUT2D eigenvalue weighted by atomic mass is 16.5. The summed E-state index contributed by atoms with van der Waals surface area (Å²) in [5.41, 5.74) is 12.0. The maximum absolute atomic E-state index is 11.9. The molecule has 2 aromatic rings. The van der Waals surface area contributed by atoms with Crippen molar-refractivity contribution in [3.8, 4) is 5.88 Å². The molecule has 31 heavy (non-hydrogen) atoms. The number of nitrogens with one attached hydrogen (secondary N) is 2. The van der Waals surface area contributed by atoms with E-state index in [-0.39, 0.29) is 24.4 Å². The van der Waals surface area contributed by atoms with Gasteiger partial charge in [-0.15, -0.1) is 0 Å². The molecule has 1 amide bonds. The second-order valence-electron chi connectivity index (χ2n) is 8.55. The molecule has 1 saturated carbocycles. The lowest BCUT2D eigenvalue weighted by Gasteiger charge is -2.30. The zero-order valence-corrected chi connectivity index (χ0v) is 18.2. The summed E-state index contributed by atoms with van der Waals surface area (Å²) < 4.78 is 5.57. The van der Waals surface area contributed by atoms with Gasteiger partial charge in [-0.3, -0.25) is 4.79 Å². The number of nitrogens with zero attached hydrogens (tertiary/aromatic N) is 3. The largest absolute Gasteiger partial charge is 0.474 e. The van der Waals surface area contributed by atoms with Crippen molar-refractivity contribution in [3.63, 3.8) is 0 Å². The highest BCUT2D eigenvalue weighted by molar-refractivity contribution is 5.97. The maximum Gasteiger partial charge on any atom is 0.269 e. The number of carbonyl (C=O) groups excluding carboxylic acids is 1. The minimum Gasteiger partial charge on any atom is -0.474 e. The van der Waals surface area contributed by atoms with Crippen molar-refractivity contribution in [2.24, 2.45) is 11.5 Å². The molecule has 0 aliphatic heterocycles. The molecular weight excluding hydrogens is 398 g/mol. The van der Waals surface area contributed by atoms with Crippen LogP contribution in [0.5, 0.6) is 5.88 Å². The average Bonchev–Trinajstić information content (AvgIpc) is 2.67. The van der Waals surface area contributed by atoms with Gasteiger partial charge in [-0.2, -0.15) is 4.98 Å². The number of ether oxygens (including phenoxy) is 1. The number of hydrogen-bond donors (Lipinski definition) is 5. The summed E-state index contributed by atoms with van der Waals surface area (Å²) >= 11 is 0. The van der Waals surface area contributed by atoms with Gasteiger partial charge < -0.3 is 31.9 Å². The van der Waals surface area contributed by atoms with E-state index in [9.17, 15) is 9.90 Å². The zero-order valence-electron chi connectivity index (χ0n) is 18.2. The molecule has 1 fully saturated rings. The fraction of sp³-hybridized carbons (Fsp3) is 0.524. The van der Waals surface area contributed by atoms with E-state index in [0.29, 0.717) is 23.2 Å². The first-order chi connectivity index (χ1) is 14.6. The van der Waals surface area contributed by atoms with Gasteiger partial charge in [0, 0.05) is 18.2 Å². The molecule has 3 rings (SSSR count). The van der Waals surface area contributed by atoms with E-state index in [1.54, 1.807) is 39.1 Å². The van der Waals surface area contributed by atoms with E-state index in [0.717, 1.165) is 31.4 Å². The number of amides is 1. The number of aryl methyl sites for hydroxylation is 1. The van der Waals surface area contributed by atoms with Gasteiger partial charge in [0.1, 0.15) is 18.2 Å². The van der Waals surface area contributed by atoms with E-state index in [1.165, 1.54) is 0 Å². The number of rotatable bonds is 8. The number of carbonyl (C=O) groups is 1. The maximum atomic E-state index is 11.9. The van der Waals surface area contributed by atoms with Gasteiger partial charge in [0.2, 0.25) is 5.88 Å². The summed E-state index contributed by atoms with van der Waals surface area (Å²) in [4.78, 5) is 24.7. The Morgan fingerprint density at radius 2 is 2.03 bits per heavy atom. The predicted octanol–water partition coefficient (Wildman–Crippen LogP) is 1.85. The summed E-state index contributed by atoms with van der Waals surface area (Å²) in [6.45, 7) is 5.07. The smallest absolute Gasteiger partial charge is 0.269 e. The van der Waals surface area contributed by atoms with Crippen LogP contribution in [0, 0.1) is 6.92 Å². The van der Waals surface area contributed by atoms with E-state index in [1.807, 2.05) is 0 Å². The van der Waals surface area contributed by atoms with Crippen molar-refractivity contribution in [1.82, 2.24) is 15.0 Å². The molecule has 0 aromatic carbocycles. The third kappa shape index (κ3) is 6.50. The molecule has 0 bridgehead atoms. The molecule has 0 saturated heterocycles. The Morgan fingerprint density at radius 3 is 2.71 bits per heavy atom. The number of pyridine rings is 1. The number of aliphatic hydroxyl groups is 1. The van der Waals surface area contributed by atoms with Gasteiger partial charge in [-0.1, -0.05) is 12.8 Å². The lowest BCUT2D eigenvalue weighted by molar-refractivity contribution is 0.0267. The summed E-state index contributed by atoms with van der Waals surface area (Å²) in [6, 6.07) is 3.57. The van der Waals surface area contributed by atoms with Gasteiger partial charge in [-0.25, -0.2) is 9.97 Å². The number of nitrogens with two attached hydrogens (primary N) is 2. The Bertz CT molecular complexity index is 930. The summed E-state index contributed by atoms with van der Waals surface area (Å²) in [5, 5.41) is 16.4. The van der Waals surface area contributed by atoms with Gasteiger partial charge in [0.05, 0.1) is 23.2 Å². The summed E-state index contributed by atoms with van der Waals surface area (Å²) in [5.74, 6) is 0.515. The molecule has 1 aliphatic carbocycles. The van der Waals surface area contributed by atoms with Crippen LogP contribution in [0.15, 0.2) is 18.3 Å². The molecular formula is C21H31N7O3. The van der Waals surface area contributed by atoms with E-state index in [4.69, 9.17) is 16.2 Å². The van der Waals surface area contributed by atoms with E-state index < -0.39 is 11.5 Å². The van der Waals surface area contributed by atoms with Crippen molar-refractivity contribution in [2.45, 2.75) is 64.1 Å². The molecule has 0 unspecified atom stereocenters. The first-order valence-corrected chi connectivity index (χ1v) is 10.4. The van der Waals surface area contributed by atoms with Crippen LogP contribution in [0.2, 0.25) is 0 Å². The monoisotopic (exact) mass is 429 g/mol. The van der Waals surface area contributed by atoms with Crippen LogP contribution in [0.4, 0.5) is 17.2 Å². The highest BCUT2D eigenvalue weighted by Crippen LogP contribution is 2.26. The Morgan fingerprint density at radius 1 is 1.29 bits per heavy atom. The molecule has 2 atom stereocenters. The van der Waals surface area contributed by atoms with Crippen LogP contribution in [0.25, 0.3) is 0 Å². The van der Waals surface area contributed by atoms with Crippen molar-refractivity contribution in [3.05, 3.63) is 29.8 Å². The van der Waals surface area contributed by atoms with Gasteiger partial charge >= 0.3 is 0 Å². The van der Waals surface area contributed by atoms with Crippen LogP contribution >= 0.6 is 0 Å². The molecule has 10 nitrogen and oxygen atoms in total. The molecule has 0 radical (unpaired) electrons. The minimum atomic E-state index is -1.00. The zero-order chi connectivity index (χ0) is 22.6. The number of hydrogen-bond acceptors (Lipinski definition) is 9. The third-order valence-electron chi connectivity index (χ3n) is 4.94. The standard InChI is InChI=1S/C21H31N7O3/c1-12-25-17(9-18(26-12)31-11-21(2,3)30)28-16-8-13(10-24-19(16)20(23)29)27-15-7-5-4-6-14(15)22/h8-10,14-15,27,30H,4-7,11,22H2,1-3H3,(H2,23,29)(H,25,26,28)/t14-,15+/m0/s1. The van der Waals surface area contributed by atoms with Crippen molar-refractivity contribution < 1.29 is 14.6 Å². The fourth-order valence-electron chi connectivity index (χ4n) is 3.45. The number of aromatic nitrogens is 3. The van der Waals surface area contributed by atoms with Crippen molar-refractivity contribution >= 4 is 23.1 Å². The summed E-state index contributed by atoms with van der Waals surface area (Å²) in [7, 11) is 0. The Kier molecular flexibility index (Phi) is 6.91. The molecule has 2 heterocycles. The topological polar surface area (TPSA) is 161 Å². The second-order valence-corrected chi connectivity index (χ2v) is 8.55. The SMILES string of the molecule is Cc1nc(Nc2cc(N[C@@H]3CCCC[C@@H]3N)cnc2C(N)=O)cc(OCC(C)(C)O)n1. The first kappa shape index (κ1) is 22.7. The Labute approximate surface area is 181 Å². The molecule has 0 spiro atoms. The lowest BCUT2D eigenvalue weighted by Crippen LogP contribution is -2.42. The van der Waals surface area contributed by atoms with Gasteiger partial charge in [-0.05, 0) is 39.7 Å². The summed E-state index contributed by atoms with van der Waals surface area (Å²) in [6.07, 6.45) is 5.79. The van der Waals surface area contributed by atoms with E-state index in [2.05, 4.69) is 25.6 Å². The molecule has 7 N–H and O–H groups in total. The molecule has 10 heteroatoms. The normalized spacial score (nSPS) is 19.0. The molecule has 2 aromatic heterocycles. The fourth-order valence-corrected chi connectivity index (χ4v) is 3.45. The van der Waals surface area contributed by atoms with Crippen LogP contribution in [-0.2, 0) is 0 Å². The number of anilines is 3. The van der Waals surface area contributed by atoms with Crippen LogP contribution in [-0.4, -0.2) is 50.3 Å². The predicted molar refractivity (Wildman–Crippen MR) is 118 cm³/mol. The first-order valence-electron chi connectivity index (χ1n) is 10.4. The van der Waals surface area contributed by atoms with Gasteiger partial charge in [0.15, 0.2) is 5.69 Å². The van der Waals surface area contributed by atoms with Gasteiger partial charge in [0.25, 0.3) is 5.91 Å². The van der Waals surface area contributed by atoms with Crippen LogP contribution < -0.4 is 26.8 Å². The Balaban J connectivity index is 1.83. The van der Waals surface area contributed by atoms with Crippen molar-refractivity contribution in [2.75, 3.05) is 17.2 Å². The van der Waals surface area contributed by atoms with Crippen LogP contribution in [0.3, 0.4) is 0 Å². The highest BCUT2D eigenvalue weighted by Gasteiger charge is 2.22. The molecule has 1 aliphatic rings. The Hall–Kier alpha value is -2.98. The number of primary amides is 1. The van der Waals surface area contributed by atoms with Crippen LogP contribution in [0.1, 0.15) is 55.8 Å². The van der Waals surface area contributed by atoms with E-state index >= 15 is 0 Å². The quantitative estimate of drug-likeness (QED) is 0.421. The second kappa shape index (κ2) is 9.44. The lowest BCUT2D eigenvalue weighted by atomic mass is 9.91. The van der Waals surface area contributed by atoms with Crippen molar-refractivity contribution in [1.29, 1.82) is 0 Å². The average molecular weight is 430 g/mol. The molecule has 168 valence electrons. The minimum absolute atomic E-state index is 0.0675.